The molecule has 1 aromatic carbocycles. The standard InChI is InChI=1S/C13H12BrClFN3O/c1-3-17-12-7(2)13(19-6-18-12)20-11-5-10(16)9(15)4-8(11)14/h4-6H,3H2,1-2H3,(H,17,18,19). The molecule has 20 heavy (non-hydrogen) atoms. The largest absolute Gasteiger partial charge is 0.437 e. The van der Waals surface area contributed by atoms with Crippen molar-refractivity contribution < 1.29 is 9.13 Å². The van der Waals surface area contributed by atoms with Crippen LogP contribution in [0, 0.1) is 12.7 Å². The molecule has 0 saturated heterocycles. The van der Waals surface area contributed by atoms with Gasteiger partial charge in [0, 0.05) is 12.6 Å². The number of benzene rings is 1. The van der Waals surface area contributed by atoms with Crippen molar-refractivity contribution in [1.29, 1.82) is 0 Å². The van der Waals surface area contributed by atoms with Gasteiger partial charge in [-0.25, -0.2) is 14.4 Å². The Morgan fingerprint density at radius 3 is 2.85 bits per heavy atom. The highest BCUT2D eigenvalue weighted by Gasteiger charge is 2.13. The minimum atomic E-state index is -0.552. The topological polar surface area (TPSA) is 47.0 Å². The molecule has 0 spiro atoms. The van der Waals surface area contributed by atoms with Crippen LogP contribution in [0.5, 0.6) is 11.6 Å². The minimum Gasteiger partial charge on any atom is -0.437 e. The average molecular weight is 361 g/mol. The lowest BCUT2D eigenvalue weighted by Crippen LogP contribution is -2.04. The fraction of sp³-hybridized carbons (Fsp3) is 0.231. The number of nitrogens with zero attached hydrogens (tertiary/aromatic N) is 2. The molecule has 0 atom stereocenters. The zero-order valence-corrected chi connectivity index (χ0v) is 13.2. The molecule has 0 bridgehead atoms. The molecule has 0 fully saturated rings. The van der Waals surface area contributed by atoms with E-state index in [9.17, 15) is 4.39 Å². The van der Waals surface area contributed by atoms with Crippen molar-refractivity contribution in [3.05, 3.63) is 39.3 Å². The molecule has 0 amide bonds. The summed E-state index contributed by atoms with van der Waals surface area (Å²) in [5.41, 5.74) is 0.747. The van der Waals surface area contributed by atoms with Crippen molar-refractivity contribution in [2.45, 2.75) is 13.8 Å². The first-order valence-electron chi connectivity index (χ1n) is 5.90. The number of halogens is 3. The number of nitrogens with one attached hydrogen (secondary N) is 1. The molecule has 0 aliphatic rings. The quantitative estimate of drug-likeness (QED) is 0.812. The van der Waals surface area contributed by atoms with Crippen LogP contribution in [0.15, 0.2) is 22.9 Å². The molecule has 1 N–H and O–H groups in total. The number of hydrogen-bond acceptors (Lipinski definition) is 4. The Hall–Kier alpha value is -1.40. The second kappa shape index (κ2) is 6.37. The van der Waals surface area contributed by atoms with Crippen molar-refractivity contribution in [3.63, 3.8) is 0 Å². The van der Waals surface area contributed by atoms with E-state index in [1.54, 1.807) is 0 Å². The Balaban J connectivity index is 2.35. The van der Waals surface area contributed by atoms with E-state index >= 15 is 0 Å². The Morgan fingerprint density at radius 2 is 2.15 bits per heavy atom. The summed E-state index contributed by atoms with van der Waals surface area (Å²) in [5, 5.41) is 3.12. The van der Waals surface area contributed by atoms with E-state index in [-0.39, 0.29) is 5.02 Å². The zero-order chi connectivity index (χ0) is 14.7. The first-order valence-corrected chi connectivity index (χ1v) is 7.08. The Kier molecular flexibility index (Phi) is 4.77. The average Bonchev–Trinajstić information content (AvgIpc) is 2.40. The monoisotopic (exact) mass is 359 g/mol. The van der Waals surface area contributed by atoms with Gasteiger partial charge >= 0.3 is 0 Å². The van der Waals surface area contributed by atoms with Gasteiger partial charge < -0.3 is 10.1 Å². The lowest BCUT2D eigenvalue weighted by molar-refractivity contribution is 0.450. The van der Waals surface area contributed by atoms with Gasteiger partial charge in [0.1, 0.15) is 23.7 Å². The van der Waals surface area contributed by atoms with Crippen LogP contribution in [0.1, 0.15) is 12.5 Å². The molecule has 0 unspecified atom stereocenters. The highest BCUT2D eigenvalue weighted by Crippen LogP contribution is 2.34. The van der Waals surface area contributed by atoms with Crippen LogP contribution in [-0.2, 0) is 0 Å². The van der Waals surface area contributed by atoms with Crippen LogP contribution in [0.3, 0.4) is 0 Å². The zero-order valence-electron chi connectivity index (χ0n) is 10.9. The van der Waals surface area contributed by atoms with Gasteiger partial charge in [-0.15, -0.1) is 0 Å². The number of aromatic nitrogens is 2. The Labute approximate surface area is 129 Å². The van der Waals surface area contributed by atoms with Crippen LogP contribution < -0.4 is 10.1 Å². The molecule has 7 heteroatoms. The summed E-state index contributed by atoms with van der Waals surface area (Å²) in [5.74, 6) is 0.793. The molecule has 1 aromatic heterocycles. The third-order valence-electron chi connectivity index (χ3n) is 2.56. The van der Waals surface area contributed by atoms with Crippen molar-refractivity contribution in [3.8, 4) is 11.6 Å². The predicted octanol–water partition coefficient (Wildman–Crippen LogP) is 4.56. The third-order valence-corrected chi connectivity index (χ3v) is 3.47. The van der Waals surface area contributed by atoms with Crippen LogP contribution >= 0.6 is 27.5 Å². The van der Waals surface area contributed by atoms with Crippen LogP contribution in [0.4, 0.5) is 10.2 Å². The molecule has 0 saturated carbocycles. The molecular formula is C13H12BrClFN3O. The second-order valence-electron chi connectivity index (χ2n) is 3.98. The van der Waals surface area contributed by atoms with Gasteiger partial charge in [0.05, 0.1) is 15.1 Å². The number of ether oxygens (including phenoxy) is 1. The van der Waals surface area contributed by atoms with Gasteiger partial charge in [0.25, 0.3) is 0 Å². The molecule has 106 valence electrons. The van der Waals surface area contributed by atoms with Gasteiger partial charge in [-0.2, -0.15) is 0 Å². The molecular weight excluding hydrogens is 349 g/mol. The van der Waals surface area contributed by atoms with Crippen molar-refractivity contribution in [2.75, 3.05) is 11.9 Å². The van der Waals surface area contributed by atoms with Gasteiger partial charge in [-0.3, -0.25) is 0 Å². The molecule has 2 rings (SSSR count). The number of hydrogen-bond donors (Lipinski definition) is 1. The van der Waals surface area contributed by atoms with E-state index in [2.05, 4.69) is 31.2 Å². The van der Waals surface area contributed by atoms with Crippen LogP contribution in [0.25, 0.3) is 0 Å². The maximum atomic E-state index is 13.5. The summed E-state index contributed by atoms with van der Waals surface area (Å²) >= 11 is 8.97. The normalized spacial score (nSPS) is 10.4. The molecule has 2 aromatic rings. The minimum absolute atomic E-state index is 0.0250. The Morgan fingerprint density at radius 1 is 1.40 bits per heavy atom. The molecule has 4 nitrogen and oxygen atoms in total. The lowest BCUT2D eigenvalue weighted by atomic mass is 10.3. The predicted molar refractivity (Wildman–Crippen MR) is 80.1 cm³/mol. The Bertz CT molecular complexity index is 639. The number of anilines is 1. The van der Waals surface area contributed by atoms with Crippen molar-refractivity contribution in [1.82, 2.24) is 9.97 Å². The smallest absolute Gasteiger partial charge is 0.227 e. The maximum Gasteiger partial charge on any atom is 0.227 e. The van der Waals surface area contributed by atoms with E-state index in [4.69, 9.17) is 16.3 Å². The van der Waals surface area contributed by atoms with Crippen LogP contribution in [-0.4, -0.2) is 16.5 Å². The molecule has 0 radical (unpaired) electrons. The van der Waals surface area contributed by atoms with E-state index < -0.39 is 5.82 Å². The fourth-order valence-corrected chi connectivity index (χ4v) is 2.29. The van der Waals surface area contributed by atoms with Gasteiger partial charge in [0.15, 0.2) is 0 Å². The summed E-state index contributed by atoms with van der Waals surface area (Å²) in [6.07, 6.45) is 1.39. The van der Waals surface area contributed by atoms with E-state index in [1.165, 1.54) is 18.5 Å². The molecule has 0 aliphatic carbocycles. The highest BCUT2D eigenvalue weighted by molar-refractivity contribution is 9.10. The van der Waals surface area contributed by atoms with Crippen LogP contribution in [0.2, 0.25) is 5.02 Å². The van der Waals surface area contributed by atoms with Crippen molar-refractivity contribution >= 4 is 33.3 Å². The molecule has 0 aliphatic heterocycles. The first-order chi connectivity index (χ1) is 9.52. The van der Waals surface area contributed by atoms with E-state index in [0.29, 0.717) is 21.9 Å². The van der Waals surface area contributed by atoms with Gasteiger partial charge in [0.2, 0.25) is 5.88 Å². The molecule has 1 heterocycles. The highest BCUT2D eigenvalue weighted by atomic mass is 79.9. The summed E-state index contributed by atoms with van der Waals surface area (Å²) in [6.45, 7) is 4.53. The lowest BCUT2D eigenvalue weighted by Gasteiger charge is -2.12. The number of rotatable bonds is 4. The van der Waals surface area contributed by atoms with E-state index in [0.717, 1.165) is 12.1 Å². The van der Waals surface area contributed by atoms with Gasteiger partial charge in [-0.1, -0.05) is 11.6 Å². The SMILES string of the molecule is CCNc1ncnc(Oc2cc(F)c(Cl)cc2Br)c1C. The fourth-order valence-electron chi connectivity index (χ4n) is 1.57. The first kappa shape index (κ1) is 15.0. The summed E-state index contributed by atoms with van der Waals surface area (Å²) in [4.78, 5) is 8.18. The summed E-state index contributed by atoms with van der Waals surface area (Å²) in [6, 6.07) is 2.65. The summed E-state index contributed by atoms with van der Waals surface area (Å²) < 4.78 is 19.7. The van der Waals surface area contributed by atoms with E-state index in [1.807, 2.05) is 13.8 Å². The summed E-state index contributed by atoms with van der Waals surface area (Å²) in [7, 11) is 0. The maximum absolute atomic E-state index is 13.5. The second-order valence-corrected chi connectivity index (χ2v) is 5.24. The third kappa shape index (κ3) is 3.19. The van der Waals surface area contributed by atoms with Gasteiger partial charge in [-0.05, 0) is 35.8 Å². The van der Waals surface area contributed by atoms with Crippen molar-refractivity contribution in [2.24, 2.45) is 0 Å².